The zero-order chi connectivity index (χ0) is 22.6. The summed E-state index contributed by atoms with van der Waals surface area (Å²) < 4.78 is 0. The molecule has 0 spiro atoms. The van der Waals surface area contributed by atoms with Crippen LogP contribution in [0.25, 0.3) is 65.4 Å². The van der Waals surface area contributed by atoms with Crippen molar-refractivity contribution in [3.05, 3.63) is 102 Å². The summed E-state index contributed by atoms with van der Waals surface area (Å²) in [5.74, 6) is 0. The number of pyridine rings is 1. The Morgan fingerprint density at radius 1 is 0.559 bits per heavy atom. The van der Waals surface area contributed by atoms with Crippen LogP contribution in [0.4, 0.5) is 0 Å². The fourth-order valence-corrected chi connectivity index (χ4v) is 6.35. The van der Waals surface area contributed by atoms with E-state index in [1.54, 1.807) is 0 Å². The Labute approximate surface area is 196 Å². The van der Waals surface area contributed by atoms with Gasteiger partial charge in [0.2, 0.25) is 0 Å². The number of aromatic nitrogens is 2. The standard InChI is InChI=1S/C32H22N2/c1-32(2)28-15-24-21-11-6-4-9-19(21)18-8-3-5-10-20(18)23(24)14-25(28)26-17-30-27(16-29(26)32)22-12-7-13-33-31(22)34-30/h3-17H,1-2H3,(H,33,34). The molecule has 5 aromatic carbocycles. The van der Waals surface area contributed by atoms with Crippen molar-refractivity contribution in [3.8, 4) is 11.1 Å². The van der Waals surface area contributed by atoms with Gasteiger partial charge in [-0.15, -0.1) is 0 Å². The van der Waals surface area contributed by atoms with Crippen LogP contribution in [0.5, 0.6) is 0 Å². The molecule has 0 amide bonds. The molecular weight excluding hydrogens is 412 g/mol. The van der Waals surface area contributed by atoms with Crippen molar-refractivity contribution in [2.24, 2.45) is 0 Å². The Bertz CT molecular complexity index is 1990. The summed E-state index contributed by atoms with van der Waals surface area (Å²) in [7, 11) is 0. The molecule has 1 N–H and O–H groups in total. The highest BCUT2D eigenvalue weighted by Crippen LogP contribution is 2.52. The monoisotopic (exact) mass is 434 g/mol. The maximum absolute atomic E-state index is 4.55. The van der Waals surface area contributed by atoms with Gasteiger partial charge in [-0.2, -0.15) is 0 Å². The second-order valence-electron chi connectivity index (χ2n) is 10.1. The molecule has 0 saturated carbocycles. The third-order valence-electron chi connectivity index (χ3n) is 8.03. The van der Waals surface area contributed by atoms with Gasteiger partial charge in [0.25, 0.3) is 0 Å². The smallest absolute Gasteiger partial charge is 0.138 e. The fourth-order valence-electron chi connectivity index (χ4n) is 6.35. The second-order valence-corrected chi connectivity index (χ2v) is 10.1. The number of fused-ring (bicyclic) bond motifs is 12. The topological polar surface area (TPSA) is 28.7 Å². The molecule has 2 heterocycles. The molecule has 0 unspecified atom stereocenters. The number of benzene rings is 5. The van der Waals surface area contributed by atoms with Gasteiger partial charge in [-0.25, -0.2) is 4.98 Å². The first-order valence-electron chi connectivity index (χ1n) is 11.9. The summed E-state index contributed by atoms with van der Waals surface area (Å²) in [4.78, 5) is 8.10. The molecule has 0 saturated heterocycles. The summed E-state index contributed by atoms with van der Waals surface area (Å²) in [6.45, 7) is 4.73. The molecule has 2 aromatic heterocycles. The number of nitrogens with one attached hydrogen (secondary N) is 1. The molecule has 8 rings (SSSR count). The number of hydrogen-bond acceptors (Lipinski definition) is 1. The Balaban J connectivity index is 1.54. The van der Waals surface area contributed by atoms with Gasteiger partial charge in [0.1, 0.15) is 5.65 Å². The lowest BCUT2D eigenvalue weighted by Crippen LogP contribution is -2.14. The first-order chi connectivity index (χ1) is 16.6. The van der Waals surface area contributed by atoms with Gasteiger partial charge in [0, 0.05) is 27.9 Å². The number of H-pyrrole nitrogens is 1. The van der Waals surface area contributed by atoms with Crippen LogP contribution in [0, 0.1) is 0 Å². The second kappa shape index (κ2) is 6.03. The molecule has 1 aliphatic carbocycles. The Kier molecular flexibility index (Phi) is 3.24. The molecule has 34 heavy (non-hydrogen) atoms. The van der Waals surface area contributed by atoms with Crippen molar-refractivity contribution >= 4 is 54.3 Å². The Morgan fingerprint density at radius 3 is 1.76 bits per heavy atom. The summed E-state index contributed by atoms with van der Waals surface area (Å²) in [5.41, 5.74) is 7.51. The van der Waals surface area contributed by atoms with E-state index in [1.807, 2.05) is 12.3 Å². The van der Waals surface area contributed by atoms with E-state index in [0.29, 0.717) is 0 Å². The van der Waals surface area contributed by atoms with Crippen LogP contribution >= 0.6 is 0 Å². The Hall–Kier alpha value is -4.17. The van der Waals surface area contributed by atoms with Crippen molar-refractivity contribution in [2.75, 3.05) is 0 Å². The molecule has 0 radical (unpaired) electrons. The van der Waals surface area contributed by atoms with Gasteiger partial charge < -0.3 is 4.98 Å². The molecule has 2 nitrogen and oxygen atoms in total. The minimum Gasteiger partial charge on any atom is -0.339 e. The molecule has 160 valence electrons. The van der Waals surface area contributed by atoms with Crippen LogP contribution in [-0.2, 0) is 5.41 Å². The number of rotatable bonds is 0. The maximum atomic E-state index is 4.55. The first kappa shape index (κ1) is 18.3. The minimum atomic E-state index is -0.0778. The molecule has 2 heteroatoms. The van der Waals surface area contributed by atoms with E-state index in [9.17, 15) is 0 Å². The molecule has 0 aliphatic heterocycles. The van der Waals surface area contributed by atoms with E-state index in [2.05, 4.69) is 103 Å². The predicted molar refractivity (Wildman–Crippen MR) is 144 cm³/mol. The third-order valence-corrected chi connectivity index (χ3v) is 8.03. The Morgan fingerprint density at radius 2 is 1.09 bits per heavy atom. The quantitative estimate of drug-likeness (QED) is 0.238. The highest BCUT2D eigenvalue weighted by molar-refractivity contribution is 6.26. The lowest BCUT2D eigenvalue weighted by atomic mass is 9.81. The number of hydrogen-bond donors (Lipinski definition) is 1. The van der Waals surface area contributed by atoms with E-state index >= 15 is 0 Å². The molecular formula is C32H22N2. The van der Waals surface area contributed by atoms with E-state index in [0.717, 1.165) is 11.2 Å². The van der Waals surface area contributed by atoms with E-state index in [1.165, 1.54) is 65.3 Å². The normalized spacial score (nSPS) is 14.4. The molecule has 0 atom stereocenters. The van der Waals surface area contributed by atoms with Gasteiger partial charge >= 0.3 is 0 Å². The van der Waals surface area contributed by atoms with Gasteiger partial charge in [0.05, 0.1) is 0 Å². The van der Waals surface area contributed by atoms with Crippen LogP contribution in [0.3, 0.4) is 0 Å². The number of nitrogens with zero attached hydrogens (tertiary/aromatic N) is 1. The van der Waals surface area contributed by atoms with Gasteiger partial charge in [-0.05, 0) is 91.0 Å². The lowest BCUT2D eigenvalue weighted by molar-refractivity contribution is 0.662. The van der Waals surface area contributed by atoms with E-state index in [4.69, 9.17) is 0 Å². The molecule has 0 bridgehead atoms. The summed E-state index contributed by atoms with van der Waals surface area (Å²) in [5, 5.41) is 10.4. The van der Waals surface area contributed by atoms with Crippen molar-refractivity contribution < 1.29 is 0 Å². The average Bonchev–Trinajstić information content (AvgIpc) is 3.34. The summed E-state index contributed by atoms with van der Waals surface area (Å²) >= 11 is 0. The van der Waals surface area contributed by atoms with Crippen molar-refractivity contribution in [2.45, 2.75) is 19.3 Å². The molecule has 1 aliphatic rings. The van der Waals surface area contributed by atoms with Crippen molar-refractivity contribution in [1.82, 2.24) is 9.97 Å². The van der Waals surface area contributed by atoms with Crippen LogP contribution < -0.4 is 0 Å². The van der Waals surface area contributed by atoms with Crippen LogP contribution in [0.15, 0.2) is 91.1 Å². The first-order valence-corrected chi connectivity index (χ1v) is 11.9. The van der Waals surface area contributed by atoms with E-state index in [-0.39, 0.29) is 5.41 Å². The largest absolute Gasteiger partial charge is 0.339 e. The van der Waals surface area contributed by atoms with Gasteiger partial charge in [0.15, 0.2) is 0 Å². The van der Waals surface area contributed by atoms with Crippen LogP contribution in [0.2, 0.25) is 0 Å². The maximum Gasteiger partial charge on any atom is 0.138 e. The SMILES string of the molecule is CC1(C)c2cc3c(cc2-c2cc4c5ccccc5c5ccccc5c4cc21)[nH]c1ncccc13. The van der Waals surface area contributed by atoms with Crippen LogP contribution in [0.1, 0.15) is 25.0 Å². The molecule has 7 aromatic rings. The van der Waals surface area contributed by atoms with Gasteiger partial charge in [-0.1, -0.05) is 62.4 Å². The predicted octanol–water partition coefficient (Wildman–Crippen LogP) is 8.48. The zero-order valence-electron chi connectivity index (χ0n) is 19.1. The summed E-state index contributed by atoms with van der Waals surface area (Å²) in [6, 6.07) is 31.5. The highest BCUT2D eigenvalue weighted by atomic mass is 14.8. The average molecular weight is 435 g/mol. The molecule has 0 fully saturated rings. The van der Waals surface area contributed by atoms with E-state index < -0.39 is 0 Å². The lowest BCUT2D eigenvalue weighted by Gasteiger charge is -2.22. The van der Waals surface area contributed by atoms with Gasteiger partial charge in [-0.3, -0.25) is 0 Å². The number of aromatic amines is 1. The third kappa shape index (κ3) is 2.14. The highest BCUT2D eigenvalue weighted by Gasteiger charge is 2.36. The zero-order valence-corrected chi connectivity index (χ0v) is 19.1. The fraction of sp³-hybridized carbons (Fsp3) is 0.0938. The minimum absolute atomic E-state index is 0.0778. The summed E-state index contributed by atoms with van der Waals surface area (Å²) in [6.07, 6.45) is 1.85. The van der Waals surface area contributed by atoms with Crippen LogP contribution in [-0.4, -0.2) is 9.97 Å². The van der Waals surface area contributed by atoms with Crippen molar-refractivity contribution in [3.63, 3.8) is 0 Å². The van der Waals surface area contributed by atoms with Crippen molar-refractivity contribution in [1.29, 1.82) is 0 Å².